The van der Waals surface area contributed by atoms with E-state index in [1.807, 2.05) is 0 Å². The van der Waals surface area contributed by atoms with Gasteiger partial charge in [0.15, 0.2) is 0 Å². The van der Waals surface area contributed by atoms with Crippen molar-refractivity contribution < 1.29 is 0 Å². The minimum absolute atomic E-state index is 0.136. The monoisotopic (exact) mass is 741 g/mol. The molecule has 0 N–H and O–H groups in total. The minimum Gasteiger partial charge on any atom is -0.0587 e. The van der Waals surface area contributed by atoms with E-state index in [1.165, 1.54) is 111 Å². The van der Waals surface area contributed by atoms with Crippen LogP contribution in [0.4, 0.5) is 0 Å². The zero-order valence-corrected chi connectivity index (χ0v) is 37.5. The quantitative estimate of drug-likeness (QED) is 0.123. The molecule has 0 aliphatic rings. The van der Waals surface area contributed by atoms with Crippen LogP contribution in [0.2, 0.25) is 0 Å². The van der Waals surface area contributed by atoms with Crippen molar-refractivity contribution >= 4 is 10.8 Å². The second kappa shape index (κ2) is 16.2. The van der Waals surface area contributed by atoms with Gasteiger partial charge < -0.3 is 0 Å². The van der Waals surface area contributed by atoms with Crippen molar-refractivity contribution in [1.29, 1.82) is 0 Å². The first-order valence-corrected chi connectivity index (χ1v) is 21.4. The summed E-state index contributed by atoms with van der Waals surface area (Å²) in [6, 6.07) is 34.4. The molecule has 0 aliphatic carbocycles. The third-order valence-corrected chi connectivity index (χ3v) is 12.9. The Labute approximate surface area is 340 Å². The first-order chi connectivity index (χ1) is 26.4. The summed E-state index contributed by atoms with van der Waals surface area (Å²) in [7, 11) is 0. The highest BCUT2D eigenvalue weighted by atomic mass is 14.3. The van der Waals surface area contributed by atoms with Crippen LogP contribution in [-0.2, 0) is 0 Å². The molecule has 0 heteroatoms. The lowest BCUT2D eigenvalue weighted by Gasteiger charge is -2.28. The van der Waals surface area contributed by atoms with Crippen LogP contribution in [0.25, 0.3) is 10.8 Å². The zero-order chi connectivity index (χ0) is 40.9. The molecule has 6 rings (SSSR count). The average Bonchev–Trinajstić information content (AvgIpc) is 3.11. The Morgan fingerprint density at radius 1 is 0.250 bits per heavy atom. The molecule has 0 unspecified atom stereocenters. The van der Waals surface area contributed by atoms with E-state index in [2.05, 4.69) is 196 Å². The number of benzene rings is 6. The van der Waals surface area contributed by atoms with Crippen molar-refractivity contribution in [3.63, 3.8) is 0 Å². The SMILES string of the molecule is Cc1cc(C)c(C(c2ccc3cc(C(c4cc(C(C)C)c(C)cc4C)c4cc(C(C)C)c(C)cc4C)ccc3c2)c2cc(C(C)C)c(C)cc2C)cc1C(C)C. The van der Waals surface area contributed by atoms with Gasteiger partial charge in [0.1, 0.15) is 0 Å². The highest BCUT2D eigenvalue weighted by Crippen LogP contribution is 2.43. The molecule has 0 saturated heterocycles. The fourth-order valence-corrected chi connectivity index (χ4v) is 9.97. The second-order valence-electron chi connectivity index (χ2n) is 18.6. The Balaban J connectivity index is 1.59. The topological polar surface area (TPSA) is 0 Å². The number of hydrogen-bond donors (Lipinski definition) is 0. The van der Waals surface area contributed by atoms with Crippen LogP contribution in [0.5, 0.6) is 0 Å². The van der Waals surface area contributed by atoms with Gasteiger partial charge in [-0.15, -0.1) is 0 Å². The van der Waals surface area contributed by atoms with Gasteiger partial charge in [0.25, 0.3) is 0 Å². The van der Waals surface area contributed by atoms with Crippen molar-refractivity contribution in [1.82, 2.24) is 0 Å². The number of rotatable bonds is 10. The number of hydrogen-bond acceptors (Lipinski definition) is 0. The van der Waals surface area contributed by atoms with Gasteiger partial charge in [-0.25, -0.2) is 0 Å². The average molecular weight is 741 g/mol. The van der Waals surface area contributed by atoms with Crippen LogP contribution in [-0.4, -0.2) is 0 Å². The maximum Gasteiger partial charge on any atom is 0.0345 e. The summed E-state index contributed by atoms with van der Waals surface area (Å²) in [5.41, 5.74) is 25.2. The van der Waals surface area contributed by atoms with Crippen LogP contribution in [0.15, 0.2) is 84.9 Å². The Morgan fingerprint density at radius 2 is 0.464 bits per heavy atom. The lowest BCUT2D eigenvalue weighted by atomic mass is 9.76. The molecule has 0 nitrogen and oxygen atoms in total. The van der Waals surface area contributed by atoms with E-state index in [0.717, 1.165) is 0 Å². The van der Waals surface area contributed by atoms with Crippen molar-refractivity contribution in [2.45, 2.75) is 146 Å². The Morgan fingerprint density at radius 3 is 0.679 bits per heavy atom. The molecule has 0 radical (unpaired) electrons. The van der Waals surface area contributed by atoms with E-state index >= 15 is 0 Å². The lowest BCUT2D eigenvalue weighted by molar-refractivity contribution is 0.833. The van der Waals surface area contributed by atoms with E-state index in [9.17, 15) is 0 Å². The fraction of sp³-hybridized carbons (Fsp3) is 0.393. The molecule has 0 heterocycles. The molecule has 0 aromatic heterocycles. The summed E-state index contributed by atoms with van der Waals surface area (Å²) in [4.78, 5) is 0. The standard InChI is InChI=1S/C56H68/c1-31(2)47-27-51(39(13)21-35(47)9)55(52-28-48(32(3)4)36(10)22-40(52)14)45-19-17-44-26-46(20-18-43(44)25-45)56(53-29-49(33(5)6)37(11)23-41(53)15)54-30-50(34(7)8)38(12)24-42(54)16/h17-34,55-56H,1-16H3. The molecule has 6 aromatic rings. The van der Waals surface area contributed by atoms with Crippen LogP contribution >= 0.6 is 0 Å². The summed E-state index contributed by atoms with van der Waals surface area (Å²) in [6.07, 6.45) is 0. The third-order valence-electron chi connectivity index (χ3n) is 12.9. The number of fused-ring (bicyclic) bond motifs is 1. The molecule has 292 valence electrons. The Kier molecular flexibility index (Phi) is 11.9. The van der Waals surface area contributed by atoms with Crippen LogP contribution in [0.1, 0.15) is 191 Å². The van der Waals surface area contributed by atoms with Crippen molar-refractivity contribution in [2.24, 2.45) is 0 Å². The highest BCUT2D eigenvalue weighted by Gasteiger charge is 2.26. The van der Waals surface area contributed by atoms with E-state index in [1.54, 1.807) is 0 Å². The van der Waals surface area contributed by atoms with Gasteiger partial charge in [-0.1, -0.05) is 140 Å². The van der Waals surface area contributed by atoms with Crippen LogP contribution in [0, 0.1) is 55.4 Å². The largest absolute Gasteiger partial charge is 0.0587 e. The summed E-state index contributed by atoms with van der Waals surface area (Å²) in [6.45, 7) is 37.0. The predicted octanol–water partition coefficient (Wildman–Crippen LogP) is 16.2. The van der Waals surface area contributed by atoms with E-state index in [-0.39, 0.29) is 11.8 Å². The highest BCUT2D eigenvalue weighted by molar-refractivity contribution is 5.85. The molecule has 6 aromatic carbocycles. The summed E-state index contributed by atoms with van der Waals surface area (Å²) < 4.78 is 0. The van der Waals surface area contributed by atoms with Gasteiger partial charge in [0.05, 0.1) is 0 Å². The summed E-state index contributed by atoms with van der Waals surface area (Å²) in [5, 5.41) is 2.59. The van der Waals surface area contributed by atoms with E-state index in [0.29, 0.717) is 23.7 Å². The first-order valence-electron chi connectivity index (χ1n) is 21.4. The van der Waals surface area contributed by atoms with Crippen LogP contribution in [0.3, 0.4) is 0 Å². The molecule has 0 aliphatic heterocycles. The third kappa shape index (κ3) is 7.92. The normalized spacial score (nSPS) is 12.2. The molecule has 0 atom stereocenters. The predicted molar refractivity (Wildman–Crippen MR) is 246 cm³/mol. The fourth-order valence-electron chi connectivity index (χ4n) is 9.97. The lowest BCUT2D eigenvalue weighted by Crippen LogP contribution is -2.11. The van der Waals surface area contributed by atoms with Crippen molar-refractivity contribution in [3.05, 3.63) is 185 Å². The van der Waals surface area contributed by atoms with Gasteiger partial charge in [-0.05, 0) is 190 Å². The molecule has 0 bridgehead atoms. The van der Waals surface area contributed by atoms with Gasteiger partial charge >= 0.3 is 0 Å². The molecule has 56 heavy (non-hydrogen) atoms. The Hall–Kier alpha value is -4.42. The van der Waals surface area contributed by atoms with Gasteiger partial charge in [-0.2, -0.15) is 0 Å². The maximum atomic E-state index is 2.52. The second-order valence-corrected chi connectivity index (χ2v) is 18.6. The molecule has 0 spiro atoms. The molecule has 0 amide bonds. The van der Waals surface area contributed by atoms with Gasteiger partial charge in [0, 0.05) is 11.8 Å². The molecule has 0 saturated carbocycles. The smallest absolute Gasteiger partial charge is 0.0345 e. The summed E-state index contributed by atoms with van der Waals surface area (Å²) in [5.74, 6) is 2.13. The Bertz CT molecular complexity index is 2110. The van der Waals surface area contributed by atoms with Crippen molar-refractivity contribution in [2.75, 3.05) is 0 Å². The van der Waals surface area contributed by atoms with Gasteiger partial charge in [-0.3, -0.25) is 0 Å². The van der Waals surface area contributed by atoms with Crippen molar-refractivity contribution in [3.8, 4) is 0 Å². The zero-order valence-electron chi connectivity index (χ0n) is 37.5. The molecule has 0 fully saturated rings. The number of aryl methyl sites for hydroxylation is 8. The maximum absolute atomic E-state index is 2.52. The minimum atomic E-state index is 0.136. The first kappa shape index (κ1) is 41.2. The van der Waals surface area contributed by atoms with E-state index < -0.39 is 0 Å². The van der Waals surface area contributed by atoms with Crippen LogP contribution < -0.4 is 0 Å². The molecular weight excluding hydrogens is 673 g/mol. The van der Waals surface area contributed by atoms with E-state index in [4.69, 9.17) is 0 Å². The summed E-state index contributed by atoms with van der Waals surface area (Å²) >= 11 is 0. The molecular formula is C56H68. The van der Waals surface area contributed by atoms with Gasteiger partial charge in [0.2, 0.25) is 0 Å².